The van der Waals surface area contributed by atoms with Crippen molar-refractivity contribution >= 4 is 11.4 Å². The third-order valence-corrected chi connectivity index (χ3v) is 5.64. The zero-order valence-corrected chi connectivity index (χ0v) is 16.0. The molecular weight excluding hydrogens is 360 g/mol. The quantitative estimate of drug-likeness (QED) is 0.467. The molecule has 7 heteroatoms. The highest BCUT2D eigenvalue weighted by Crippen LogP contribution is 2.55. The number of hydrogen-bond donors (Lipinski definition) is 1. The molecule has 3 unspecified atom stereocenters. The molecule has 2 aromatic carbocycles. The van der Waals surface area contributed by atoms with Crippen LogP contribution >= 0.6 is 0 Å². The summed E-state index contributed by atoms with van der Waals surface area (Å²) in [5.41, 5.74) is 2.54. The summed E-state index contributed by atoms with van der Waals surface area (Å²) in [7, 11) is 4.79. The topological polar surface area (TPSA) is 82.9 Å². The lowest BCUT2D eigenvalue weighted by molar-refractivity contribution is -0.385. The summed E-state index contributed by atoms with van der Waals surface area (Å²) in [6, 6.07) is 8.98. The van der Waals surface area contributed by atoms with Crippen LogP contribution in [0.3, 0.4) is 0 Å². The van der Waals surface area contributed by atoms with E-state index in [-0.39, 0.29) is 28.5 Å². The van der Waals surface area contributed by atoms with Crippen LogP contribution in [0.2, 0.25) is 0 Å². The second-order valence-electron chi connectivity index (χ2n) is 6.92. The van der Waals surface area contributed by atoms with Gasteiger partial charge in [-0.3, -0.25) is 10.1 Å². The van der Waals surface area contributed by atoms with Crippen LogP contribution < -0.4 is 19.5 Å². The number of fused-ring (bicyclic) bond motifs is 3. The molecule has 2 aromatic rings. The maximum Gasteiger partial charge on any atom is 0.275 e. The van der Waals surface area contributed by atoms with E-state index in [1.165, 1.54) is 6.07 Å². The molecular formula is C21H22N2O5. The number of nitrogens with zero attached hydrogens (tertiary/aromatic N) is 1. The third kappa shape index (κ3) is 2.74. The molecule has 1 aliphatic carbocycles. The summed E-state index contributed by atoms with van der Waals surface area (Å²) in [6.07, 6.45) is 5.01. The average molecular weight is 382 g/mol. The highest BCUT2D eigenvalue weighted by Gasteiger charge is 2.43. The van der Waals surface area contributed by atoms with E-state index in [4.69, 9.17) is 14.2 Å². The van der Waals surface area contributed by atoms with Gasteiger partial charge in [-0.15, -0.1) is 0 Å². The zero-order chi connectivity index (χ0) is 19.8. The largest absolute Gasteiger partial charge is 0.495 e. The van der Waals surface area contributed by atoms with Gasteiger partial charge in [-0.1, -0.05) is 18.2 Å². The van der Waals surface area contributed by atoms with Gasteiger partial charge in [0, 0.05) is 12.0 Å². The van der Waals surface area contributed by atoms with Gasteiger partial charge in [-0.2, -0.15) is 0 Å². The minimum atomic E-state index is -0.320. The van der Waals surface area contributed by atoms with E-state index < -0.39 is 0 Å². The predicted octanol–water partition coefficient (Wildman–Crippen LogP) is 4.45. The number of anilines is 1. The van der Waals surface area contributed by atoms with E-state index in [0.717, 1.165) is 12.0 Å². The van der Waals surface area contributed by atoms with E-state index in [2.05, 4.69) is 17.5 Å². The Morgan fingerprint density at radius 3 is 2.43 bits per heavy atom. The molecule has 3 atom stereocenters. The molecule has 0 spiro atoms. The Labute approximate surface area is 163 Å². The Morgan fingerprint density at radius 2 is 1.75 bits per heavy atom. The molecule has 1 heterocycles. The van der Waals surface area contributed by atoms with Crippen molar-refractivity contribution in [2.24, 2.45) is 5.92 Å². The van der Waals surface area contributed by atoms with Crippen molar-refractivity contribution < 1.29 is 19.1 Å². The molecule has 0 amide bonds. The molecule has 0 bridgehead atoms. The average Bonchev–Trinajstić information content (AvgIpc) is 3.21. The fourth-order valence-corrected chi connectivity index (χ4v) is 4.37. The van der Waals surface area contributed by atoms with Crippen LogP contribution in [0.15, 0.2) is 42.5 Å². The second-order valence-corrected chi connectivity index (χ2v) is 6.92. The van der Waals surface area contributed by atoms with Gasteiger partial charge >= 0.3 is 0 Å². The lowest BCUT2D eigenvalue weighted by Gasteiger charge is -2.37. The predicted molar refractivity (Wildman–Crippen MR) is 106 cm³/mol. The lowest BCUT2D eigenvalue weighted by atomic mass is 9.76. The molecule has 0 aromatic heterocycles. The van der Waals surface area contributed by atoms with Crippen molar-refractivity contribution in [2.75, 3.05) is 26.6 Å². The molecule has 0 fully saturated rings. The Hall–Kier alpha value is -3.22. The van der Waals surface area contributed by atoms with Gasteiger partial charge in [-0.05, 0) is 36.1 Å². The van der Waals surface area contributed by atoms with Crippen LogP contribution in [-0.2, 0) is 0 Å². The maximum atomic E-state index is 11.6. The van der Waals surface area contributed by atoms with Crippen LogP contribution in [0, 0.1) is 16.0 Å². The number of nitrogens with one attached hydrogen (secondary N) is 1. The van der Waals surface area contributed by atoms with Crippen LogP contribution in [0.25, 0.3) is 0 Å². The number of methoxy groups -OCH3 is 3. The highest BCUT2D eigenvalue weighted by atomic mass is 16.6. The van der Waals surface area contributed by atoms with Crippen molar-refractivity contribution in [3.8, 4) is 17.2 Å². The van der Waals surface area contributed by atoms with E-state index in [9.17, 15) is 10.1 Å². The van der Waals surface area contributed by atoms with Crippen LogP contribution in [0.4, 0.5) is 11.4 Å². The fraction of sp³-hybridized carbons (Fsp3) is 0.333. The first-order chi connectivity index (χ1) is 13.6. The number of ether oxygens (including phenoxy) is 3. The van der Waals surface area contributed by atoms with E-state index >= 15 is 0 Å². The highest BCUT2D eigenvalue weighted by molar-refractivity contribution is 5.73. The van der Waals surface area contributed by atoms with Crippen molar-refractivity contribution in [1.82, 2.24) is 0 Å². The van der Waals surface area contributed by atoms with E-state index in [1.807, 2.05) is 18.2 Å². The summed E-state index contributed by atoms with van der Waals surface area (Å²) < 4.78 is 16.3. The number of nitro benzene ring substituents is 1. The molecule has 0 saturated heterocycles. The van der Waals surface area contributed by atoms with E-state index in [1.54, 1.807) is 27.4 Å². The molecule has 28 heavy (non-hydrogen) atoms. The SMILES string of the molecule is COc1ccc(C2Nc3c(OC)ccc([N+](=O)[O-])c3C3C=CCC32)cc1OC. The Bertz CT molecular complexity index is 956. The molecule has 4 rings (SSSR count). The Kier molecular flexibility index (Phi) is 4.58. The molecule has 0 saturated carbocycles. The van der Waals surface area contributed by atoms with Gasteiger partial charge in [0.1, 0.15) is 5.75 Å². The summed E-state index contributed by atoms with van der Waals surface area (Å²) in [4.78, 5) is 11.3. The Balaban J connectivity index is 1.85. The molecule has 2 aliphatic rings. The maximum absolute atomic E-state index is 11.6. The van der Waals surface area contributed by atoms with Gasteiger partial charge in [0.25, 0.3) is 5.69 Å². The monoisotopic (exact) mass is 382 g/mol. The van der Waals surface area contributed by atoms with Gasteiger partial charge < -0.3 is 19.5 Å². The summed E-state index contributed by atoms with van der Waals surface area (Å²) >= 11 is 0. The van der Waals surface area contributed by atoms with Crippen molar-refractivity contribution in [2.45, 2.75) is 18.4 Å². The van der Waals surface area contributed by atoms with E-state index in [0.29, 0.717) is 28.5 Å². The zero-order valence-electron chi connectivity index (χ0n) is 16.0. The molecule has 0 radical (unpaired) electrons. The fourth-order valence-electron chi connectivity index (χ4n) is 4.37. The van der Waals surface area contributed by atoms with Crippen molar-refractivity contribution in [1.29, 1.82) is 0 Å². The first-order valence-corrected chi connectivity index (χ1v) is 9.09. The molecule has 1 aliphatic heterocycles. The van der Waals surface area contributed by atoms with Crippen molar-refractivity contribution in [3.63, 3.8) is 0 Å². The number of hydrogen-bond acceptors (Lipinski definition) is 6. The van der Waals surface area contributed by atoms with Gasteiger partial charge in [0.2, 0.25) is 0 Å². The van der Waals surface area contributed by atoms with Gasteiger partial charge in [-0.25, -0.2) is 0 Å². The summed E-state index contributed by atoms with van der Waals surface area (Å²) in [5.74, 6) is 2.03. The standard InChI is InChI=1S/C21H22N2O5/c1-26-16-9-7-12(11-18(16)28-3)20-14-6-4-5-13(14)19-15(23(24)25)8-10-17(27-2)21(19)22-20/h4-5,7-11,13-14,20,22H,6H2,1-3H3. The smallest absolute Gasteiger partial charge is 0.275 e. The third-order valence-electron chi connectivity index (χ3n) is 5.64. The first kappa shape index (κ1) is 18.2. The number of allylic oxidation sites excluding steroid dienone is 2. The minimum Gasteiger partial charge on any atom is -0.495 e. The van der Waals surface area contributed by atoms with Gasteiger partial charge in [0.15, 0.2) is 11.5 Å². The van der Waals surface area contributed by atoms with Crippen molar-refractivity contribution in [3.05, 3.63) is 63.7 Å². The molecule has 7 nitrogen and oxygen atoms in total. The lowest BCUT2D eigenvalue weighted by Crippen LogP contribution is -2.30. The number of nitro groups is 1. The van der Waals surface area contributed by atoms with Crippen LogP contribution in [-0.4, -0.2) is 26.3 Å². The first-order valence-electron chi connectivity index (χ1n) is 9.09. The minimum absolute atomic E-state index is 0.0387. The summed E-state index contributed by atoms with van der Waals surface area (Å²) in [5, 5.41) is 15.2. The molecule has 146 valence electrons. The normalized spacial score (nSPS) is 22.0. The number of rotatable bonds is 5. The van der Waals surface area contributed by atoms with Gasteiger partial charge in [0.05, 0.1) is 43.5 Å². The number of benzene rings is 2. The summed E-state index contributed by atoms with van der Waals surface area (Å²) in [6.45, 7) is 0. The van der Waals surface area contributed by atoms with Crippen LogP contribution in [0.5, 0.6) is 17.2 Å². The van der Waals surface area contributed by atoms with Crippen LogP contribution in [0.1, 0.15) is 29.5 Å². The second kappa shape index (κ2) is 7.07. The Morgan fingerprint density at radius 1 is 1.04 bits per heavy atom. The molecule has 1 N–H and O–H groups in total.